The highest BCUT2D eigenvalue weighted by atomic mass is 16.5. The van der Waals surface area contributed by atoms with Crippen LogP contribution in [0.4, 0.5) is 0 Å². The molecule has 2 N–H and O–H groups in total. The molecular weight excluding hydrogens is 276 g/mol. The van der Waals surface area contributed by atoms with Gasteiger partial charge in [0.15, 0.2) is 5.88 Å². The highest BCUT2D eigenvalue weighted by molar-refractivity contribution is 6.02. The van der Waals surface area contributed by atoms with Crippen molar-refractivity contribution in [2.75, 3.05) is 13.7 Å². The predicted molar refractivity (Wildman–Crippen MR) is 89.1 cm³/mol. The Morgan fingerprint density at radius 1 is 1.18 bits per heavy atom. The highest BCUT2D eigenvalue weighted by Crippen LogP contribution is 2.28. The maximum atomic E-state index is 10.0. The number of benzene rings is 2. The molecule has 0 saturated heterocycles. The minimum Gasteiger partial charge on any atom is -0.497 e. The number of aromatic nitrogens is 1. The quantitative estimate of drug-likeness (QED) is 0.707. The monoisotopic (exact) mass is 294 g/mol. The fraction of sp³-hybridized carbons (Fsp3) is 0.167. The van der Waals surface area contributed by atoms with Crippen molar-refractivity contribution in [3.63, 3.8) is 0 Å². The number of methoxy groups -OCH3 is 1. The third kappa shape index (κ3) is 2.96. The Hall–Kier alpha value is -2.75. The van der Waals surface area contributed by atoms with Gasteiger partial charge in [-0.2, -0.15) is 0 Å². The van der Waals surface area contributed by atoms with E-state index < -0.39 is 0 Å². The molecule has 0 atom stereocenters. The SMILES string of the molecule is COc1ccc2[nH]c(O)c(C=NCCc3ccccc3)c2c1. The van der Waals surface area contributed by atoms with Crippen LogP contribution < -0.4 is 4.74 Å². The van der Waals surface area contributed by atoms with Crippen LogP contribution in [-0.4, -0.2) is 30.0 Å². The van der Waals surface area contributed by atoms with Gasteiger partial charge >= 0.3 is 0 Å². The fourth-order valence-electron chi connectivity index (χ4n) is 2.43. The van der Waals surface area contributed by atoms with Crippen LogP contribution in [-0.2, 0) is 6.42 Å². The molecular formula is C18H18N2O2. The second-order valence-corrected chi connectivity index (χ2v) is 5.07. The number of hydrogen-bond acceptors (Lipinski definition) is 3. The van der Waals surface area contributed by atoms with Crippen LogP contribution >= 0.6 is 0 Å². The molecule has 3 rings (SSSR count). The van der Waals surface area contributed by atoms with E-state index in [1.165, 1.54) is 5.56 Å². The van der Waals surface area contributed by atoms with Crippen LogP contribution in [0.3, 0.4) is 0 Å². The van der Waals surface area contributed by atoms with E-state index >= 15 is 0 Å². The lowest BCUT2D eigenvalue weighted by atomic mass is 10.1. The molecule has 0 amide bonds. The van der Waals surface area contributed by atoms with E-state index in [4.69, 9.17) is 4.74 Å². The number of ether oxygens (including phenoxy) is 1. The Kier molecular flexibility index (Phi) is 4.10. The molecule has 0 fully saturated rings. The number of hydrogen-bond donors (Lipinski definition) is 2. The summed E-state index contributed by atoms with van der Waals surface area (Å²) < 4.78 is 5.23. The largest absolute Gasteiger partial charge is 0.497 e. The number of aromatic hydroxyl groups is 1. The van der Waals surface area contributed by atoms with Crippen LogP contribution in [0.15, 0.2) is 53.5 Å². The van der Waals surface area contributed by atoms with Crippen molar-refractivity contribution < 1.29 is 9.84 Å². The van der Waals surface area contributed by atoms with E-state index in [0.29, 0.717) is 12.1 Å². The van der Waals surface area contributed by atoms with Gasteiger partial charge < -0.3 is 14.8 Å². The standard InChI is InChI=1S/C18H18N2O2/c1-22-14-7-8-17-15(11-14)16(18(21)20-17)12-19-10-9-13-5-3-2-4-6-13/h2-8,11-12,20-21H,9-10H2,1H3. The second kappa shape index (κ2) is 6.35. The molecule has 0 radical (unpaired) electrons. The normalized spacial score (nSPS) is 11.3. The van der Waals surface area contributed by atoms with E-state index in [1.807, 2.05) is 36.4 Å². The summed E-state index contributed by atoms with van der Waals surface area (Å²) in [6.07, 6.45) is 2.60. The number of rotatable bonds is 5. The van der Waals surface area contributed by atoms with Gasteiger partial charge in [-0.3, -0.25) is 4.99 Å². The summed E-state index contributed by atoms with van der Waals surface area (Å²) in [7, 11) is 1.63. The van der Waals surface area contributed by atoms with Crippen molar-refractivity contribution in [1.29, 1.82) is 0 Å². The molecule has 0 bridgehead atoms. The molecule has 4 heteroatoms. The first kappa shape index (κ1) is 14.2. The zero-order valence-corrected chi connectivity index (χ0v) is 12.4. The lowest BCUT2D eigenvalue weighted by Crippen LogP contribution is -1.90. The van der Waals surface area contributed by atoms with Crippen LogP contribution in [0, 0.1) is 0 Å². The molecule has 0 aliphatic carbocycles. The van der Waals surface area contributed by atoms with Gasteiger partial charge in [0.25, 0.3) is 0 Å². The van der Waals surface area contributed by atoms with Gasteiger partial charge in [0, 0.05) is 23.7 Å². The molecule has 22 heavy (non-hydrogen) atoms. The summed E-state index contributed by atoms with van der Waals surface area (Å²) >= 11 is 0. The summed E-state index contributed by atoms with van der Waals surface area (Å²) in [5.41, 5.74) is 2.81. The summed E-state index contributed by atoms with van der Waals surface area (Å²) in [6.45, 7) is 0.681. The number of H-pyrrole nitrogens is 1. The van der Waals surface area contributed by atoms with Crippen LogP contribution in [0.25, 0.3) is 10.9 Å². The van der Waals surface area contributed by atoms with Gasteiger partial charge in [-0.25, -0.2) is 0 Å². The molecule has 3 aromatic rings. The summed E-state index contributed by atoms with van der Waals surface area (Å²) in [4.78, 5) is 7.38. The number of nitrogens with zero attached hydrogens (tertiary/aromatic N) is 1. The van der Waals surface area contributed by atoms with Crippen molar-refractivity contribution in [3.05, 3.63) is 59.7 Å². The van der Waals surface area contributed by atoms with E-state index in [1.54, 1.807) is 13.3 Å². The molecule has 0 aliphatic rings. The molecule has 0 unspecified atom stereocenters. The Morgan fingerprint density at radius 3 is 2.77 bits per heavy atom. The molecule has 1 heterocycles. The van der Waals surface area contributed by atoms with Crippen LogP contribution in [0.1, 0.15) is 11.1 Å². The fourth-order valence-corrected chi connectivity index (χ4v) is 2.43. The topological polar surface area (TPSA) is 57.6 Å². The van der Waals surface area contributed by atoms with E-state index in [9.17, 15) is 5.11 Å². The van der Waals surface area contributed by atoms with Gasteiger partial charge in [-0.1, -0.05) is 30.3 Å². The molecule has 0 spiro atoms. The summed E-state index contributed by atoms with van der Waals surface area (Å²) in [5.74, 6) is 0.886. The first-order chi connectivity index (χ1) is 10.8. The molecule has 0 saturated carbocycles. The third-order valence-electron chi connectivity index (χ3n) is 3.62. The maximum Gasteiger partial charge on any atom is 0.198 e. The molecule has 0 aliphatic heterocycles. The molecule has 112 valence electrons. The minimum atomic E-state index is 0.131. The third-order valence-corrected chi connectivity index (χ3v) is 3.62. The predicted octanol–water partition coefficient (Wildman–Crippen LogP) is 3.54. The number of nitrogens with one attached hydrogen (secondary N) is 1. The second-order valence-electron chi connectivity index (χ2n) is 5.07. The Bertz CT molecular complexity index is 791. The maximum absolute atomic E-state index is 10.0. The van der Waals surface area contributed by atoms with Crippen molar-refractivity contribution in [2.45, 2.75) is 6.42 Å². The number of fused-ring (bicyclic) bond motifs is 1. The number of aliphatic imine (C=N–C) groups is 1. The van der Waals surface area contributed by atoms with Gasteiger partial charge in [0.05, 0.1) is 12.7 Å². The van der Waals surface area contributed by atoms with Gasteiger partial charge in [-0.15, -0.1) is 0 Å². The minimum absolute atomic E-state index is 0.131. The van der Waals surface area contributed by atoms with Crippen molar-refractivity contribution >= 4 is 17.1 Å². The summed E-state index contributed by atoms with van der Waals surface area (Å²) in [6, 6.07) is 15.9. The van der Waals surface area contributed by atoms with Gasteiger partial charge in [0.1, 0.15) is 5.75 Å². The lowest BCUT2D eigenvalue weighted by Gasteiger charge is -1.99. The van der Waals surface area contributed by atoms with Gasteiger partial charge in [0.2, 0.25) is 0 Å². The van der Waals surface area contributed by atoms with Crippen LogP contribution in [0.5, 0.6) is 11.6 Å². The smallest absolute Gasteiger partial charge is 0.198 e. The van der Waals surface area contributed by atoms with E-state index in [2.05, 4.69) is 22.1 Å². The van der Waals surface area contributed by atoms with Crippen molar-refractivity contribution in [2.24, 2.45) is 4.99 Å². The van der Waals surface area contributed by atoms with Gasteiger partial charge in [-0.05, 0) is 30.2 Å². The van der Waals surface area contributed by atoms with E-state index in [-0.39, 0.29) is 5.88 Å². The molecule has 2 aromatic carbocycles. The highest BCUT2D eigenvalue weighted by Gasteiger charge is 2.09. The Labute approximate surface area is 129 Å². The van der Waals surface area contributed by atoms with Crippen LogP contribution in [0.2, 0.25) is 0 Å². The average molecular weight is 294 g/mol. The zero-order chi connectivity index (χ0) is 15.4. The number of aromatic amines is 1. The van der Waals surface area contributed by atoms with E-state index in [0.717, 1.165) is 23.1 Å². The first-order valence-electron chi connectivity index (χ1n) is 7.20. The lowest BCUT2D eigenvalue weighted by molar-refractivity contribution is 0.415. The average Bonchev–Trinajstić information content (AvgIpc) is 2.87. The molecule has 4 nitrogen and oxygen atoms in total. The van der Waals surface area contributed by atoms with Crippen molar-refractivity contribution in [3.8, 4) is 11.6 Å². The Balaban J connectivity index is 1.78. The Morgan fingerprint density at radius 2 is 2.00 bits per heavy atom. The molecule has 1 aromatic heterocycles. The zero-order valence-electron chi connectivity index (χ0n) is 12.4. The first-order valence-corrected chi connectivity index (χ1v) is 7.20. The summed E-state index contributed by atoms with van der Waals surface area (Å²) in [5, 5.41) is 10.9. The van der Waals surface area contributed by atoms with Crippen molar-refractivity contribution in [1.82, 2.24) is 4.98 Å².